The van der Waals surface area contributed by atoms with E-state index in [1.165, 1.54) is 19.2 Å². The summed E-state index contributed by atoms with van der Waals surface area (Å²) in [4.78, 5) is 23.4. The number of carbonyl (C=O) groups is 2. The Balaban J connectivity index is 2.96. The molecule has 0 heterocycles. The molecule has 0 aliphatic carbocycles. The lowest BCUT2D eigenvalue weighted by Crippen LogP contribution is -2.33. The number of anilines is 1. The third kappa shape index (κ3) is 2.49. The number of methoxy groups -OCH3 is 1. The van der Waals surface area contributed by atoms with Gasteiger partial charge in [0, 0.05) is 12.7 Å². The highest BCUT2D eigenvalue weighted by molar-refractivity contribution is 6.38. The van der Waals surface area contributed by atoms with E-state index in [9.17, 15) is 14.0 Å². The summed E-state index contributed by atoms with van der Waals surface area (Å²) in [6.45, 7) is 0. The summed E-state index contributed by atoms with van der Waals surface area (Å²) in [7, 11) is 2.47. The molecule has 0 radical (unpaired) electrons. The van der Waals surface area contributed by atoms with Crippen LogP contribution in [0.3, 0.4) is 0 Å². The molecular weight excluding hydrogens is 237 g/mol. The van der Waals surface area contributed by atoms with E-state index >= 15 is 0 Å². The molecule has 1 rings (SSSR count). The molecular formula is C10H9ClFNO3. The van der Waals surface area contributed by atoms with Crippen molar-refractivity contribution in [3.63, 3.8) is 0 Å². The van der Waals surface area contributed by atoms with Crippen molar-refractivity contribution >= 4 is 29.2 Å². The summed E-state index contributed by atoms with van der Waals surface area (Å²) in [5.41, 5.74) is 0.307. The van der Waals surface area contributed by atoms with Gasteiger partial charge in [0.2, 0.25) is 0 Å². The Hall–Kier alpha value is -1.62. The second kappa shape index (κ2) is 4.94. The Kier molecular flexibility index (Phi) is 3.84. The lowest BCUT2D eigenvalue weighted by Gasteiger charge is -2.15. The van der Waals surface area contributed by atoms with Crippen molar-refractivity contribution in [1.82, 2.24) is 0 Å². The van der Waals surface area contributed by atoms with Crippen molar-refractivity contribution in [2.75, 3.05) is 19.1 Å². The molecule has 0 spiro atoms. The first-order valence-corrected chi connectivity index (χ1v) is 4.66. The van der Waals surface area contributed by atoms with Gasteiger partial charge in [0.15, 0.2) is 0 Å². The van der Waals surface area contributed by atoms with Crippen LogP contribution in [0.15, 0.2) is 18.2 Å². The Morgan fingerprint density at radius 1 is 1.44 bits per heavy atom. The van der Waals surface area contributed by atoms with E-state index in [0.29, 0.717) is 5.69 Å². The van der Waals surface area contributed by atoms with Gasteiger partial charge < -0.3 is 9.64 Å². The van der Waals surface area contributed by atoms with Crippen LogP contribution in [0, 0.1) is 5.82 Å². The predicted octanol–water partition coefficient (Wildman–Crippen LogP) is 1.61. The highest BCUT2D eigenvalue weighted by Crippen LogP contribution is 2.21. The standard InChI is InChI=1S/C10H9ClFNO3/c1-13(9(14)10(15)16-2)6-3-4-8(12)7(11)5-6/h3-5H,1-2H3. The van der Waals surface area contributed by atoms with E-state index in [1.807, 2.05) is 0 Å². The van der Waals surface area contributed by atoms with Crippen LogP contribution in [-0.2, 0) is 14.3 Å². The van der Waals surface area contributed by atoms with Gasteiger partial charge in [-0.2, -0.15) is 0 Å². The number of hydrogen-bond acceptors (Lipinski definition) is 3. The van der Waals surface area contributed by atoms with Crippen molar-refractivity contribution in [3.8, 4) is 0 Å². The normalized spacial score (nSPS) is 9.75. The Morgan fingerprint density at radius 2 is 2.06 bits per heavy atom. The summed E-state index contributed by atoms with van der Waals surface area (Å²) in [6, 6.07) is 3.69. The maximum absolute atomic E-state index is 12.9. The van der Waals surface area contributed by atoms with Crippen molar-refractivity contribution < 1.29 is 18.7 Å². The van der Waals surface area contributed by atoms with E-state index in [1.54, 1.807) is 0 Å². The first-order valence-electron chi connectivity index (χ1n) is 4.28. The molecule has 0 unspecified atom stereocenters. The van der Waals surface area contributed by atoms with Gasteiger partial charge in [-0.15, -0.1) is 0 Å². The van der Waals surface area contributed by atoms with Crippen molar-refractivity contribution in [1.29, 1.82) is 0 Å². The monoisotopic (exact) mass is 245 g/mol. The molecule has 0 aromatic heterocycles. The Labute approximate surface area is 96.6 Å². The number of likely N-dealkylation sites (N-methyl/N-ethyl adjacent to an activating group) is 1. The smallest absolute Gasteiger partial charge is 0.397 e. The lowest BCUT2D eigenvalue weighted by atomic mass is 10.3. The van der Waals surface area contributed by atoms with E-state index < -0.39 is 17.7 Å². The quantitative estimate of drug-likeness (QED) is 0.558. The SMILES string of the molecule is COC(=O)C(=O)N(C)c1ccc(F)c(Cl)c1. The molecule has 0 aliphatic heterocycles. The molecule has 0 fully saturated rings. The molecule has 0 bridgehead atoms. The molecule has 1 amide bonds. The van der Waals surface area contributed by atoms with Crippen LogP contribution in [-0.4, -0.2) is 26.0 Å². The molecule has 0 aliphatic rings. The first kappa shape index (κ1) is 12.4. The lowest BCUT2D eigenvalue weighted by molar-refractivity contribution is -0.151. The number of esters is 1. The second-order valence-electron chi connectivity index (χ2n) is 2.95. The third-order valence-corrected chi connectivity index (χ3v) is 2.24. The maximum Gasteiger partial charge on any atom is 0.397 e. The third-order valence-electron chi connectivity index (χ3n) is 1.96. The van der Waals surface area contributed by atoms with Crippen LogP contribution in [0.2, 0.25) is 5.02 Å². The van der Waals surface area contributed by atoms with Crippen molar-refractivity contribution in [2.45, 2.75) is 0 Å². The van der Waals surface area contributed by atoms with Gasteiger partial charge in [0.25, 0.3) is 0 Å². The van der Waals surface area contributed by atoms with Gasteiger partial charge in [-0.05, 0) is 18.2 Å². The zero-order valence-corrected chi connectivity index (χ0v) is 9.42. The maximum atomic E-state index is 12.9. The van der Waals surface area contributed by atoms with Crippen molar-refractivity contribution in [3.05, 3.63) is 29.0 Å². The molecule has 6 heteroatoms. The van der Waals surface area contributed by atoms with Crippen LogP contribution in [0.5, 0.6) is 0 Å². The average Bonchev–Trinajstić information content (AvgIpc) is 2.29. The summed E-state index contributed by atoms with van der Waals surface area (Å²) in [5, 5.41) is -0.123. The topological polar surface area (TPSA) is 46.6 Å². The molecule has 16 heavy (non-hydrogen) atoms. The predicted molar refractivity (Wildman–Crippen MR) is 56.8 cm³/mol. The Bertz CT molecular complexity index is 436. The van der Waals surface area contributed by atoms with Crippen LogP contribution < -0.4 is 4.90 Å². The fourth-order valence-electron chi connectivity index (χ4n) is 1.04. The number of rotatable bonds is 1. The summed E-state index contributed by atoms with van der Waals surface area (Å²) >= 11 is 5.55. The summed E-state index contributed by atoms with van der Waals surface area (Å²) in [5.74, 6) is -2.45. The Morgan fingerprint density at radius 3 is 2.56 bits per heavy atom. The van der Waals surface area contributed by atoms with Gasteiger partial charge in [-0.25, -0.2) is 9.18 Å². The largest absolute Gasteiger partial charge is 0.462 e. The first-order chi connectivity index (χ1) is 7.47. The number of benzene rings is 1. The average molecular weight is 246 g/mol. The molecule has 4 nitrogen and oxygen atoms in total. The summed E-state index contributed by atoms with van der Waals surface area (Å²) < 4.78 is 17.1. The van der Waals surface area contributed by atoms with Crippen molar-refractivity contribution in [2.24, 2.45) is 0 Å². The van der Waals surface area contributed by atoms with E-state index in [4.69, 9.17) is 11.6 Å². The fourth-order valence-corrected chi connectivity index (χ4v) is 1.21. The minimum absolute atomic E-state index is 0.123. The fraction of sp³-hybridized carbons (Fsp3) is 0.200. The zero-order valence-electron chi connectivity index (χ0n) is 8.66. The van der Waals surface area contributed by atoms with E-state index in [2.05, 4.69) is 4.74 Å². The zero-order chi connectivity index (χ0) is 12.3. The molecule has 86 valence electrons. The van der Waals surface area contributed by atoms with Gasteiger partial charge in [-0.1, -0.05) is 11.6 Å². The van der Waals surface area contributed by atoms with Gasteiger partial charge in [-0.3, -0.25) is 4.79 Å². The van der Waals surface area contributed by atoms with Crippen LogP contribution in [0.4, 0.5) is 10.1 Å². The molecule has 1 aromatic rings. The van der Waals surface area contributed by atoms with E-state index in [0.717, 1.165) is 18.1 Å². The molecule has 1 aromatic carbocycles. The van der Waals surface area contributed by atoms with Gasteiger partial charge in [0.05, 0.1) is 12.1 Å². The molecule has 0 saturated heterocycles. The number of ether oxygens (including phenoxy) is 1. The molecule has 0 atom stereocenters. The summed E-state index contributed by atoms with van der Waals surface area (Å²) in [6.07, 6.45) is 0. The number of carbonyl (C=O) groups excluding carboxylic acids is 2. The number of nitrogens with zero attached hydrogens (tertiary/aromatic N) is 1. The van der Waals surface area contributed by atoms with E-state index in [-0.39, 0.29) is 5.02 Å². The van der Waals surface area contributed by atoms with Crippen LogP contribution in [0.1, 0.15) is 0 Å². The number of hydrogen-bond donors (Lipinski definition) is 0. The number of halogens is 2. The van der Waals surface area contributed by atoms with Gasteiger partial charge in [0.1, 0.15) is 5.82 Å². The second-order valence-corrected chi connectivity index (χ2v) is 3.36. The molecule has 0 saturated carbocycles. The minimum atomic E-state index is -0.997. The minimum Gasteiger partial charge on any atom is -0.462 e. The number of amides is 1. The highest BCUT2D eigenvalue weighted by atomic mass is 35.5. The highest BCUT2D eigenvalue weighted by Gasteiger charge is 2.20. The molecule has 0 N–H and O–H groups in total. The van der Waals surface area contributed by atoms with Crippen LogP contribution in [0.25, 0.3) is 0 Å². The van der Waals surface area contributed by atoms with Gasteiger partial charge >= 0.3 is 11.9 Å². The van der Waals surface area contributed by atoms with Crippen LogP contribution >= 0.6 is 11.6 Å².